The smallest absolute Gasteiger partial charge is 0.251 e. The number of nitrogens with one attached hydrogen (secondary N) is 1. The Morgan fingerprint density at radius 3 is 3.00 bits per heavy atom. The second kappa shape index (κ2) is 4.65. The Morgan fingerprint density at radius 1 is 1.53 bits per heavy atom. The van der Waals surface area contributed by atoms with E-state index in [4.69, 9.17) is 10.3 Å². The number of carbonyl (C=O) groups excluding carboxylic acids is 1. The van der Waals surface area contributed by atoms with Crippen LogP contribution in [0.4, 0.5) is 5.82 Å². The third-order valence-corrected chi connectivity index (χ3v) is 2.15. The van der Waals surface area contributed by atoms with Crippen molar-refractivity contribution in [2.75, 3.05) is 5.73 Å². The molecule has 6 heteroatoms. The minimum Gasteiger partial charge on any atom is -0.384 e. The number of hydrogen-bond donors (Lipinski definition) is 2. The van der Waals surface area contributed by atoms with Crippen LogP contribution in [0.15, 0.2) is 28.9 Å². The first-order valence-electron chi connectivity index (χ1n) is 5.07. The molecule has 0 unspecified atom stereocenters. The van der Waals surface area contributed by atoms with Crippen LogP contribution in [0.3, 0.4) is 0 Å². The SMILES string of the molecule is Cc1cc(C(=O)NCc2ccno2)cc(N)n1. The van der Waals surface area contributed by atoms with Gasteiger partial charge in [0.1, 0.15) is 5.82 Å². The van der Waals surface area contributed by atoms with Gasteiger partial charge in [0.2, 0.25) is 0 Å². The molecular weight excluding hydrogens is 220 g/mol. The van der Waals surface area contributed by atoms with E-state index in [-0.39, 0.29) is 5.91 Å². The number of aromatic nitrogens is 2. The molecular formula is C11H12N4O2. The monoisotopic (exact) mass is 232 g/mol. The van der Waals surface area contributed by atoms with Gasteiger partial charge in [-0.3, -0.25) is 4.79 Å². The Bertz CT molecular complexity index is 502. The number of hydrogen-bond acceptors (Lipinski definition) is 5. The van der Waals surface area contributed by atoms with Crippen molar-refractivity contribution in [1.29, 1.82) is 0 Å². The Labute approximate surface area is 97.8 Å². The molecule has 88 valence electrons. The number of amides is 1. The minimum atomic E-state index is -0.224. The van der Waals surface area contributed by atoms with Crippen molar-refractivity contribution in [3.8, 4) is 0 Å². The summed E-state index contributed by atoms with van der Waals surface area (Å²) in [7, 11) is 0. The summed E-state index contributed by atoms with van der Waals surface area (Å²) < 4.78 is 4.87. The second-order valence-corrected chi connectivity index (χ2v) is 3.58. The van der Waals surface area contributed by atoms with Crippen LogP contribution in [0, 0.1) is 6.92 Å². The zero-order valence-electron chi connectivity index (χ0n) is 9.30. The fourth-order valence-corrected chi connectivity index (χ4v) is 1.43. The average molecular weight is 232 g/mol. The summed E-state index contributed by atoms with van der Waals surface area (Å²) in [5.41, 5.74) is 6.75. The number of nitrogens with two attached hydrogens (primary N) is 1. The highest BCUT2D eigenvalue weighted by atomic mass is 16.5. The molecule has 0 aliphatic rings. The molecule has 0 atom stereocenters. The van der Waals surface area contributed by atoms with Crippen LogP contribution in [0.1, 0.15) is 21.8 Å². The highest BCUT2D eigenvalue weighted by Crippen LogP contribution is 2.07. The van der Waals surface area contributed by atoms with Crippen LogP contribution in [0.5, 0.6) is 0 Å². The number of rotatable bonds is 3. The lowest BCUT2D eigenvalue weighted by Crippen LogP contribution is -2.23. The third-order valence-electron chi connectivity index (χ3n) is 2.15. The summed E-state index contributed by atoms with van der Waals surface area (Å²) in [4.78, 5) is 15.8. The summed E-state index contributed by atoms with van der Waals surface area (Å²) in [5, 5.41) is 6.24. The average Bonchev–Trinajstić information content (AvgIpc) is 2.77. The van der Waals surface area contributed by atoms with E-state index in [1.807, 2.05) is 0 Å². The van der Waals surface area contributed by atoms with Gasteiger partial charge in [-0.25, -0.2) is 4.98 Å². The number of nitrogen functional groups attached to an aromatic ring is 1. The van der Waals surface area contributed by atoms with Gasteiger partial charge in [-0.2, -0.15) is 0 Å². The maximum atomic E-state index is 11.8. The third kappa shape index (κ3) is 2.81. The molecule has 0 aliphatic heterocycles. The van der Waals surface area contributed by atoms with Gasteiger partial charge in [-0.05, 0) is 19.1 Å². The fourth-order valence-electron chi connectivity index (χ4n) is 1.43. The molecule has 0 spiro atoms. The van der Waals surface area contributed by atoms with Gasteiger partial charge >= 0.3 is 0 Å². The topological polar surface area (TPSA) is 94.0 Å². The molecule has 3 N–H and O–H groups in total. The Morgan fingerprint density at radius 2 is 2.35 bits per heavy atom. The summed E-state index contributed by atoms with van der Waals surface area (Å²) in [6, 6.07) is 4.89. The van der Waals surface area contributed by atoms with Crippen molar-refractivity contribution < 1.29 is 9.32 Å². The number of pyridine rings is 1. The summed E-state index contributed by atoms with van der Waals surface area (Å²) in [5.74, 6) is 0.700. The molecule has 0 saturated heterocycles. The maximum Gasteiger partial charge on any atom is 0.251 e. The molecule has 1 amide bonds. The molecule has 2 aromatic heterocycles. The van der Waals surface area contributed by atoms with Crippen LogP contribution in [-0.2, 0) is 6.54 Å². The van der Waals surface area contributed by atoms with Gasteiger partial charge in [0.15, 0.2) is 5.76 Å². The van der Waals surface area contributed by atoms with Crippen LogP contribution >= 0.6 is 0 Å². The van der Waals surface area contributed by atoms with Gasteiger partial charge in [-0.1, -0.05) is 5.16 Å². The van der Waals surface area contributed by atoms with E-state index >= 15 is 0 Å². The van der Waals surface area contributed by atoms with E-state index in [2.05, 4.69) is 15.5 Å². The molecule has 6 nitrogen and oxygen atoms in total. The van der Waals surface area contributed by atoms with Crippen molar-refractivity contribution >= 4 is 11.7 Å². The van der Waals surface area contributed by atoms with Gasteiger partial charge in [-0.15, -0.1) is 0 Å². The molecule has 17 heavy (non-hydrogen) atoms. The number of nitrogens with zero attached hydrogens (tertiary/aromatic N) is 2. The Hall–Kier alpha value is -2.37. The van der Waals surface area contributed by atoms with Crippen molar-refractivity contribution in [2.45, 2.75) is 13.5 Å². The van der Waals surface area contributed by atoms with Gasteiger partial charge in [0, 0.05) is 17.3 Å². The molecule has 2 heterocycles. The van der Waals surface area contributed by atoms with Gasteiger partial charge in [0.25, 0.3) is 5.91 Å². The molecule has 0 aliphatic carbocycles. The maximum absolute atomic E-state index is 11.8. The normalized spacial score (nSPS) is 10.2. The number of anilines is 1. The first kappa shape index (κ1) is 11.1. The van der Waals surface area contributed by atoms with Crippen molar-refractivity contribution in [3.63, 3.8) is 0 Å². The van der Waals surface area contributed by atoms with Crippen molar-refractivity contribution in [2.24, 2.45) is 0 Å². The predicted molar refractivity (Wildman–Crippen MR) is 61.1 cm³/mol. The van der Waals surface area contributed by atoms with Crippen LogP contribution in [0.25, 0.3) is 0 Å². The van der Waals surface area contributed by atoms with Crippen LogP contribution in [0.2, 0.25) is 0 Å². The molecule has 0 aromatic carbocycles. The Balaban J connectivity index is 2.04. The lowest BCUT2D eigenvalue weighted by atomic mass is 10.2. The van der Waals surface area contributed by atoms with E-state index in [0.29, 0.717) is 29.4 Å². The Kier molecular flexibility index (Phi) is 3.04. The van der Waals surface area contributed by atoms with E-state index < -0.39 is 0 Å². The molecule has 0 radical (unpaired) electrons. The van der Waals surface area contributed by atoms with Gasteiger partial charge in [0.05, 0.1) is 12.7 Å². The van der Waals surface area contributed by atoms with E-state index in [0.717, 1.165) is 0 Å². The molecule has 0 saturated carbocycles. The standard InChI is InChI=1S/C11H12N4O2/c1-7-4-8(5-10(12)15-7)11(16)13-6-9-2-3-14-17-9/h2-5H,6H2,1H3,(H2,12,15)(H,13,16). The molecule has 2 aromatic rings. The van der Waals surface area contributed by atoms with Crippen molar-refractivity contribution in [1.82, 2.24) is 15.5 Å². The summed E-state index contributed by atoms with van der Waals surface area (Å²) >= 11 is 0. The predicted octanol–water partition coefficient (Wildman–Crippen LogP) is 0.890. The van der Waals surface area contributed by atoms with Crippen LogP contribution < -0.4 is 11.1 Å². The molecule has 0 bridgehead atoms. The first-order valence-corrected chi connectivity index (χ1v) is 5.07. The number of aryl methyl sites for hydroxylation is 1. The molecule has 0 fully saturated rings. The van der Waals surface area contributed by atoms with Crippen molar-refractivity contribution in [3.05, 3.63) is 41.4 Å². The quantitative estimate of drug-likeness (QED) is 0.819. The van der Waals surface area contributed by atoms with Crippen LogP contribution in [-0.4, -0.2) is 16.0 Å². The zero-order chi connectivity index (χ0) is 12.3. The summed E-state index contributed by atoms with van der Waals surface area (Å²) in [6.45, 7) is 2.07. The van der Waals surface area contributed by atoms with E-state index in [1.165, 1.54) is 12.3 Å². The van der Waals surface area contributed by atoms with E-state index in [9.17, 15) is 4.79 Å². The minimum absolute atomic E-state index is 0.224. The fraction of sp³-hybridized carbons (Fsp3) is 0.182. The lowest BCUT2D eigenvalue weighted by molar-refractivity contribution is 0.0947. The second-order valence-electron chi connectivity index (χ2n) is 3.58. The largest absolute Gasteiger partial charge is 0.384 e. The molecule has 2 rings (SSSR count). The highest BCUT2D eigenvalue weighted by Gasteiger charge is 2.08. The van der Waals surface area contributed by atoms with Gasteiger partial charge < -0.3 is 15.6 Å². The number of carbonyl (C=O) groups is 1. The summed E-state index contributed by atoms with van der Waals surface area (Å²) in [6.07, 6.45) is 1.52. The zero-order valence-corrected chi connectivity index (χ0v) is 9.30. The highest BCUT2D eigenvalue weighted by molar-refractivity contribution is 5.94. The lowest BCUT2D eigenvalue weighted by Gasteiger charge is -2.04. The van der Waals surface area contributed by atoms with E-state index in [1.54, 1.807) is 19.1 Å². The first-order chi connectivity index (χ1) is 8.15.